The first-order valence-electron chi connectivity index (χ1n) is 7.48. The first kappa shape index (κ1) is 15.7. The first-order valence-corrected chi connectivity index (χ1v) is 8.30. The molecule has 0 radical (unpaired) electrons. The van der Waals surface area contributed by atoms with Crippen LogP contribution in [0.25, 0.3) is 0 Å². The van der Waals surface area contributed by atoms with E-state index in [1.807, 2.05) is 0 Å². The highest BCUT2D eigenvalue weighted by molar-refractivity contribution is 7.11. The van der Waals surface area contributed by atoms with Crippen molar-refractivity contribution >= 4 is 11.3 Å². The van der Waals surface area contributed by atoms with E-state index in [1.165, 1.54) is 49.8 Å². The molecule has 18 heavy (non-hydrogen) atoms. The second kappa shape index (κ2) is 9.57. The van der Waals surface area contributed by atoms with Gasteiger partial charge in [0.15, 0.2) is 0 Å². The number of hydrogen-bond acceptors (Lipinski definition) is 2. The normalized spacial score (nSPS) is 12.8. The Bertz CT molecular complexity index is 306. The maximum atomic E-state index is 10.0. The van der Waals surface area contributed by atoms with Gasteiger partial charge in [-0.1, -0.05) is 58.3 Å². The average Bonchev–Trinajstić information content (AvgIpc) is 2.79. The molecular formula is C16H28OS. The Morgan fingerprint density at radius 3 is 2.17 bits per heavy atom. The average molecular weight is 268 g/mol. The van der Waals surface area contributed by atoms with Crippen molar-refractivity contribution in [1.29, 1.82) is 0 Å². The van der Waals surface area contributed by atoms with Crippen LogP contribution in [-0.2, 0) is 0 Å². The number of aliphatic hydroxyl groups is 1. The molecule has 0 aromatic carbocycles. The zero-order valence-corrected chi connectivity index (χ0v) is 12.8. The Hall–Kier alpha value is -0.340. The van der Waals surface area contributed by atoms with Gasteiger partial charge in [-0.25, -0.2) is 0 Å². The van der Waals surface area contributed by atoms with Crippen LogP contribution in [0.1, 0.15) is 80.6 Å². The summed E-state index contributed by atoms with van der Waals surface area (Å²) < 4.78 is 0. The summed E-state index contributed by atoms with van der Waals surface area (Å²) >= 11 is 1.72. The minimum absolute atomic E-state index is 0.233. The third-order valence-electron chi connectivity index (χ3n) is 3.42. The van der Waals surface area contributed by atoms with Crippen LogP contribution in [0.4, 0.5) is 0 Å². The maximum absolute atomic E-state index is 10.0. The third kappa shape index (κ3) is 6.55. The number of hydrogen-bond donors (Lipinski definition) is 1. The molecule has 1 nitrogen and oxygen atoms in total. The molecule has 0 aliphatic carbocycles. The summed E-state index contributed by atoms with van der Waals surface area (Å²) in [6, 6.07) is 4.16. The van der Waals surface area contributed by atoms with Gasteiger partial charge in [-0.05, 0) is 25.5 Å². The molecule has 1 rings (SSSR count). The summed E-state index contributed by atoms with van der Waals surface area (Å²) in [7, 11) is 0. The predicted molar refractivity (Wildman–Crippen MR) is 81.2 cm³/mol. The van der Waals surface area contributed by atoms with Crippen LogP contribution in [0, 0.1) is 6.92 Å². The molecule has 0 spiro atoms. The van der Waals surface area contributed by atoms with Crippen LogP contribution in [0.3, 0.4) is 0 Å². The highest BCUT2D eigenvalue weighted by Gasteiger charge is 2.08. The van der Waals surface area contributed by atoms with E-state index in [0.717, 1.165) is 17.7 Å². The van der Waals surface area contributed by atoms with E-state index in [0.29, 0.717) is 0 Å². The van der Waals surface area contributed by atoms with E-state index < -0.39 is 0 Å². The summed E-state index contributed by atoms with van der Waals surface area (Å²) in [5, 5.41) is 10.0. The fourth-order valence-corrected chi connectivity index (χ4v) is 3.14. The van der Waals surface area contributed by atoms with Crippen LogP contribution in [-0.4, -0.2) is 5.11 Å². The van der Waals surface area contributed by atoms with Crippen LogP contribution in [0.5, 0.6) is 0 Å². The van der Waals surface area contributed by atoms with E-state index >= 15 is 0 Å². The molecule has 1 aromatic heterocycles. The van der Waals surface area contributed by atoms with Gasteiger partial charge in [0.25, 0.3) is 0 Å². The van der Waals surface area contributed by atoms with Crippen molar-refractivity contribution in [1.82, 2.24) is 0 Å². The van der Waals surface area contributed by atoms with Gasteiger partial charge in [0.2, 0.25) is 0 Å². The minimum atomic E-state index is -0.233. The maximum Gasteiger partial charge on any atom is 0.0882 e. The summed E-state index contributed by atoms with van der Waals surface area (Å²) in [6.07, 6.45) is 11.3. The Labute approximate surface area is 116 Å². The zero-order chi connectivity index (χ0) is 13.2. The van der Waals surface area contributed by atoms with Crippen LogP contribution in [0.15, 0.2) is 12.1 Å². The standard InChI is InChI=1S/C16H28OS/c1-3-4-5-6-7-8-9-10-11-15(17)16-13-12-14(2)18-16/h12-13,15,17H,3-11H2,1-2H3. The molecule has 0 saturated heterocycles. The van der Waals surface area contributed by atoms with Crippen molar-refractivity contribution < 1.29 is 5.11 Å². The number of aryl methyl sites for hydroxylation is 1. The quantitative estimate of drug-likeness (QED) is 0.546. The highest BCUT2D eigenvalue weighted by atomic mass is 32.1. The summed E-state index contributed by atoms with van der Waals surface area (Å²) in [6.45, 7) is 4.35. The molecule has 0 fully saturated rings. The molecule has 2 heteroatoms. The van der Waals surface area contributed by atoms with Crippen molar-refractivity contribution in [2.75, 3.05) is 0 Å². The summed E-state index contributed by atoms with van der Waals surface area (Å²) in [5.41, 5.74) is 0. The second-order valence-electron chi connectivity index (χ2n) is 5.23. The molecule has 1 aromatic rings. The zero-order valence-electron chi connectivity index (χ0n) is 12.0. The minimum Gasteiger partial charge on any atom is -0.388 e. The van der Waals surface area contributed by atoms with Gasteiger partial charge >= 0.3 is 0 Å². The predicted octanol–water partition coefficient (Wildman–Crippen LogP) is 5.62. The lowest BCUT2D eigenvalue weighted by Gasteiger charge is -2.08. The van der Waals surface area contributed by atoms with Gasteiger partial charge in [-0.15, -0.1) is 11.3 Å². The van der Waals surface area contributed by atoms with Crippen molar-refractivity contribution in [3.63, 3.8) is 0 Å². The first-order chi connectivity index (χ1) is 8.74. The van der Waals surface area contributed by atoms with Gasteiger partial charge in [0.05, 0.1) is 6.10 Å². The lowest BCUT2D eigenvalue weighted by Crippen LogP contribution is -1.94. The Morgan fingerprint density at radius 2 is 1.61 bits per heavy atom. The molecular weight excluding hydrogens is 240 g/mol. The SMILES string of the molecule is CCCCCCCCCCC(O)c1ccc(C)s1. The lowest BCUT2D eigenvalue weighted by molar-refractivity contribution is 0.167. The van der Waals surface area contributed by atoms with Gasteiger partial charge in [-0.3, -0.25) is 0 Å². The summed E-state index contributed by atoms with van der Waals surface area (Å²) in [4.78, 5) is 2.43. The van der Waals surface area contributed by atoms with E-state index in [4.69, 9.17) is 0 Å². The lowest BCUT2D eigenvalue weighted by atomic mass is 10.1. The molecule has 0 saturated carbocycles. The van der Waals surface area contributed by atoms with Gasteiger partial charge in [0.1, 0.15) is 0 Å². The largest absolute Gasteiger partial charge is 0.388 e. The topological polar surface area (TPSA) is 20.2 Å². The molecule has 1 atom stereocenters. The molecule has 0 amide bonds. The van der Waals surface area contributed by atoms with Crippen molar-refractivity contribution in [2.24, 2.45) is 0 Å². The number of aliphatic hydroxyl groups excluding tert-OH is 1. The molecule has 1 N–H and O–H groups in total. The van der Waals surface area contributed by atoms with E-state index in [-0.39, 0.29) is 6.10 Å². The van der Waals surface area contributed by atoms with Crippen molar-refractivity contribution in [2.45, 2.75) is 77.7 Å². The van der Waals surface area contributed by atoms with E-state index in [2.05, 4.69) is 26.0 Å². The molecule has 0 bridgehead atoms. The van der Waals surface area contributed by atoms with E-state index in [9.17, 15) is 5.11 Å². The number of thiophene rings is 1. The number of rotatable bonds is 10. The smallest absolute Gasteiger partial charge is 0.0882 e. The van der Waals surface area contributed by atoms with Crippen LogP contribution >= 0.6 is 11.3 Å². The van der Waals surface area contributed by atoms with Gasteiger partial charge in [-0.2, -0.15) is 0 Å². The van der Waals surface area contributed by atoms with Crippen LogP contribution in [0.2, 0.25) is 0 Å². The molecule has 0 aliphatic heterocycles. The monoisotopic (exact) mass is 268 g/mol. The molecule has 0 aliphatic rings. The Kier molecular flexibility index (Phi) is 8.36. The third-order valence-corrected chi connectivity index (χ3v) is 4.52. The highest BCUT2D eigenvalue weighted by Crippen LogP contribution is 2.26. The molecule has 1 unspecified atom stereocenters. The second-order valence-corrected chi connectivity index (χ2v) is 6.55. The van der Waals surface area contributed by atoms with Crippen molar-refractivity contribution in [3.05, 3.63) is 21.9 Å². The summed E-state index contributed by atoms with van der Waals surface area (Å²) in [5.74, 6) is 0. The molecule has 1 heterocycles. The Balaban J connectivity index is 1.97. The van der Waals surface area contributed by atoms with Gasteiger partial charge < -0.3 is 5.11 Å². The fraction of sp³-hybridized carbons (Fsp3) is 0.750. The Morgan fingerprint density at radius 1 is 1.00 bits per heavy atom. The van der Waals surface area contributed by atoms with Crippen LogP contribution < -0.4 is 0 Å². The molecule has 104 valence electrons. The van der Waals surface area contributed by atoms with E-state index in [1.54, 1.807) is 11.3 Å². The van der Waals surface area contributed by atoms with Gasteiger partial charge in [0, 0.05) is 9.75 Å². The fourth-order valence-electron chi connectivity index (χ4n) is 2.25. The van der Waals surface area contributed by atoms with Crippen molar-refractivity contribution in [3.8, 4) is 0 Å². The number of unbranched alkanes of at least 4 members (excludes halogenated alkanes) is 7.